The van der Waals surface area contributed by atoms with Gasteiger partial charge in [0.25, 0.3) is 0 Å². The predicted octanol–water partition coefficient (Wildman–Crippen LogP) is 5.92. The standard InChI is InChI=1S/C64H105NO18/c1-3-5-7-9-10-11-12-13-14-15-16-17-18-19-20-21-22-23-24-25-26-27-28-29-30-31-32-33-34-35-36-38-40-42-52(70)65-47(48(69)41-39-37-8-6-4-2)46-78-62-58(76)55(73)60(50(44-67)80-62)83-64-59(77)56(74)61(51(45-68)81-64)82-63-57(75)54(72)53(71)49(43-66)79-63/h5,7,10-11,13-14,16-17,19-20,22-23,25-26,28-29,31-32,47-51,53-64,66-69,71-77H,3-4,6,8-9,12,15,18,21,24,27,30,33-46H2,1-2H3,(H,65,70)/b7-5-,11-10-,14-13-,17-16-,20-19-,23-22-,26-25-,29-28-,32-31-. The van der Waals surface area contributed by atoms with Crippen LogP contribution in [0, 0.1) is 0 Å². The normalized spacial score (nSPS) is 30.2. The Kier molecular flexibility index (Phi) is 40.6. The third-order valence-electron chi connectivity index (χ3n) is 14.6. The Morgan fingerprint density at radius 3 is 1.30 bits per heavy atom. The molecule has 0 bridgehead atoms. The fourth-order valence-corrected chi connectivity index (χ4v) is 9.60. The summed E-state index contributed by atoms with van der Waals surface area (Å²) in [5.41, 5.74) is 0. The number of aliphatic hydroxyl groups excluding tert-OH is 11. The van der Waals surface area contributed by atoms with Crippen molar-refractivity contribution >= 4 is 5.91 Å². The van der Waals surface area contributed by atoms with Crippen molar-refractivity contribution in [3.8, 4) is 0 Å². The molecule has 0 spiro atoms. The number of hydrogen-bond donors (Lipinski definition) is 12. The van der Waals surface area contributed by atoms with Gasteiger partial charge in [-0.3, -0.25) is 4.79 Å². The molecular weight excluding hydrogens is 1070 g/mol. The topological polar surface area (TPSA) is 307 Å². The second kappa shape index (κ2) is 45.7. The van der Waals surface area contributed by atoms with Crippen molar-refractivity contribution in [3.63, 3.8) is 0 Å². The van der Waals surface area contributed by atoms with Gasteiger partial charge in [-0.2, -0.15) is 0 Å². The van der Waals surface area contributed by atoms with Crippen LogP contribution in [0.2, 0.25) is 0 Å². The summed E-state index contributed by atoms with van der Waals surface area (Å²) in [6.45, 7) is 1.51. The zero-order valence-electron chi connectivity index (χ0n) is 49.4. The van der Waals surface area contributed by atoms with E-state index < -0.39 is 124 Å². The number of carbonyl (C=O) groups is 1. The summed E-state index contributed by atoms with van der Waals surface area (Å²) < 4.78 is 34.1. The van der Waals surface area contributed by atoms with E-state index in [0.29, 0.717) is 19.3 Å². The number of hydrogen-bond acceptors (Lipinski definition) is 18. The van der Waals surface area contributed by atoms with E-state index in [9.17, 15) is 61.0 Å². The monoisotopic (exact) mass is 1180 g/mol. The molecule has 3 aliphatic heterocycles. The van der Waals surface area contributed by atoms with E-state index in [-0.39, 0.29) is 18.9 Å². The first kappa shape index (κ1) is 73.7. The zero-order valence-corrected chi connectivity index (χ0v) is 49.4. The van der Waals surface area contributed by atoms with Gasteiger partial charge in [0, 0.05) is 6.42 Å². The largest absolute Gasteiger partial charge is 0.394 e. The van der Waals surface area contributed by atoms with Crippen LogP contribution >= 0.6 is 0 Å². The van der Waals surface area contributed by atoms with Crippen LogP contribution in [-0.4, -0.2) is 193 Å². The minimum Gasteiger partial charge on any atom is -0.394 e. The molecule has 3 heterocycles. The van der Waals surface area contributed by atoms with Gasteiger partial charge in [0.15, 0.2) is 18.9 Å². The predicted molar refractivity (Wildman–Crippen MR) is 318 cm³/mol. The first-order valence-electron chi connectivity index (χ1n) is 30.6. The molecule has 3 fully saturated rings. The highest BCUT2D eigenvalue weighted by molar-refractivity contribution is 5.76. The van der Waals surface area contributed by atoms with Gasteiger partial charge in [-0.25, -0.2) is 0 Å². The van der Waals surface area contributed by atoms with Gasteiger partial charge >= 0.3 is 0 Å². The highest BCUT2D eigenvalue weighted by Gasteiger charge is 2.53. The smallest absolute Gasteiger partial charge is 0.220 e. The van der Waals surface area contributed by atoms with Gasteiger partial charge in [0.1, 0.15) is 73.2 Å². The van der Waals surface area contributed by atoms with Gasteiger partial charge in [-0.1, -0.05) is 175 Å². The molecule has 0 aliphatic carbocycles. The molecule has 474 valence electrons. The minimum absolute atomic E-state index is 0.234. The Hall–Kier alpha value is -3.55. The maximum atomic E-state index is 13.2. The highest BCUT2D eigenvalue weighted by Crippen LogP contribution is 2.33. The molecule has 0 aromatic rings. The average molecular weight is 1180 g/mol. The summed E-state index contributed by atoms with van der Waals surface area (Å²) in [5, 5.41) is 120. The molecule has 19 heteroatoms. The number of carbonyl (C=O) groups excluding carboxylic acids is 1. The van der Waals surface area contributed by atoms with Gasteiger partial charge in [0.2, 0.25) is 5.91 Å². The second-order valence-corrected chi connectivity index (χ2v) is 21.4. The number of nitrogens with one attached hydrogen (secondary N) is 1. The van der Waals surface area contributed by atoms with Crippen LogP contribution in [0.4, 0.5) is 0 Å². The van der Waals surface area contributed by atoms with Gasteiger partial charge < -0.3 is 89.9 Å². The molecule has 3 aliphatic rings. The summed E-state index contributed by atoms with van der Waals surface area (Å²) in [5.74, 6) is -0.276. The van der Waals surface area contributed by atoms with Gasteiger partial charge in [-0.05, 0) is 83.5 Å². The SMILES string of the molecule is CC/C=C\C/C=C\C/C=C\C/C=C\C/C=C\C/C=C\C/C=C\C/C=C\C/C=C\CCCCCCCC(=O)NC(COC1OC(CO)C(OC2OC(CO)C(OC3OC(CO)C(O)C(O)C3O)C(O)C2O)C(O)C1O)C(O)CCCCCCC. The number of rotatable bonds is 43. The van der Waals surface area contributed by atoms with E-state index >= 15 is 0 Å². The van der Waals surface area contributed by atoms with Gasteiger partial charge in [-0.15, -0.1) is 0 Å². The number of aliphatic hydroxyl groups is 11. The van der Waals surface area contributed by atoms with Crippen molar-refractivity contribution in [2.45, 2.75) is 259 Å². The molecule has 1 amide bonds. The van der Waals surface area contributed by atoms with Crippen LogP contribution in [0.15, 0.2) is 109 Å². The van der Waals surface area contributed by atoms with Gasteiger partial charge in [0.05, 0.1) is 38.6 Å². The number of ether oxygens (including phenoxy) is 6. The molecular formula is C64H105NO18. The fraction of sp³-hybridized carbons (Fsp3) is 0.703. The van der Waals surface area contributed by atoms with Crippen molar-refractivity contribution in [2.75, 3.05) is 26.4 Å². The van der Waals surface area contributed by atoms with Crippen LogP contribution < -0.4 is 5.32 Å². The van der Waals surface area contributed by atoms with E-state index in [2.05, 4.69) is 129 Å². The lowest BCUT2D eigenvalue weighted by molar-refractivity contribution is -0.379. The molecule has 17 unspecified atom stereocenters. The lowest BCUT2D eigenvalue weighted by atomic mass is 9.96. The van der Waals surface area contributed by atoms with Crippen molar-refractivity contribution in [3.05, 3.63) is 109 Å². The van der Waals surface area contributed by atoms with Crippen LogP contribution in [-0.2, 0) is 33.2 Å². The van der Waals surface area contributed by atoms with Crippen LogP contribution in [0.3, 0.4) is 0 Å². The second-order valence-electron chi connectivity index (χ2n) is 21.4. The average Bonchev–Trinajstić information content (AvgIpc) is 3.52. The van der Waals surface area contributed by atoms with E-state index in [4.69, 9.17) is 28.4 Å². The molecule has 0 saturated carbocycles. The molecule has 0 aromatic carbocycles. The Morgan fingerprint density at radius 1 is 0.446 bits per heavy atom. The molecule has 17 atom stereocenters. The van der Waals surface area contributed by atoms with Crippen molar-refractivity contribution in [2.24, 2.45) is 0 Å². The highest BCUT2D eigenvalue weighted by atomic mass is 16.8. The van der Waals surface area contributed by atoms with E-state index in [1.807, 2.05) is 0 Å². The van der Waals surface area contributed by atoms with Crippen LogP contribution in [0.1, 0.15) is 155 Å². The quantitative estimate of drug-likeness (QED) is 0.0249. The van der Waals surface area contributed by atoms with Crippen LogP contribution in [0.5, 0.6) is 0 Å². The number of unbranched alkanes of at least 4 members (excludes halogenated alkanes) is 9. The summed E-state index contributed by atoms with van der Waals surface area (Å²) >= 11 is 0. The Labute approximate surface area is 494 Å². The third kappa shape index (κ3) is 29.1. The summed E-state index contributed by atoms with van der Waals surface area (Å²) in [6.07, 6.45) is 32.6. The lowest BCUT2D eigenvalue weighted by Gasteiger charge is -2.48. The van der Waals surface area contributed by atoms with E-state index in [1.165, 1.54) is 0 Å². The lowest BCUT2D eigenvalue weighted by Crippen LogP contribution is -2.66. The molecule has 3 saturated heterocycles. The Morgan fingerprint density at radius 2 is 0.831 bits per heavy atom. The Balaban J connectivity index is 1.34. The first-order chi connectivity index (χ1) is 40.3. The molecule has 19 nitrogen and oxygen atoms in total. The maximum absolute atomic E-state index is 13.2. The maximum Gasteiger partial charge on any atom is 0.220 e. The zero-order chi connectivity index (χ0) is 60.5. The van der Waals surface area contributed by atoms with Crippen molar-refractivity contribution < 1.29 is 89.4 Å². The molecule has 12 N–H and O–H groups in total. The molecule has 0 aromatic heterocycles. The summed E-state index contributed by atoms with van der Waals surface area (Å²) in [4.78, 5) is 13.2. The summed E-state index contributed by atoms with van der Waals surface area (Å²) in [6, 6.07) is -0.902. The van der Waals surface area contributed by atoms with E-state index in [1.54, 1.807) is 0 Å². The van der Waals surface area contributed by atoms with Crippen molar-refractivity contribution in [1.82, 2.24) is 5.32 Å². The van der Waals surface area contributed by atoms with Crippen molar-refractivity contribution in [1.29, 1.82) is 0 Å². The summed E-state index contributed by atoms with van der Waals surface area (Å²) in [7, 11) is 0. The van der Waals surface area contributed by atoms with E-state index in [0.717, 1.165) is 116 Å². The number of amides is 1. The molecule has 3 rings (SSSR count). The minimum atomic E-state index is -1.98. The van der Waals surface area contributed by atoms with Crippen LogP contribution in [0.25, 0.3) is 0 Å². The third-order valence-corrected chi connectivity index (χ3v) is 14.6. The number of allylic oxidation sites excluding steroid dienone is 18. The fourth-order valence-electron chi connectivity index (χ4n) is 9.60. The molecule has 83 heavy (non-hydrogen) atoms. The first-order valence-corrected chi connectivity index (χ1v) is 30.6. The molecule has 0 radical (unpaired) electrons. The Bertz CT molecular complexity index is 1930.